The van der Waals surface area contributed by atoms with Crippen LogP contribution in [0.15, 0.2) is 35.5 Å². The number of anilines is 1. The van der Waals surface area contributed by atoms with Crippen LogP contribution in [0.25, 0.3) is 0 Å². The van der Waals surface area contributed by atoms with Gasteiger partial charge in [-0.25, -0.2) is 14.4 Å². The Morgan fingerprint density at radius 1 is 1.16 bits per heavy atom. The fourth-order valence-corrected chi connectivity index (χ4v) is 4.17. The number of hydrogen-bond donors (Lipinski definition) is 2. The van der Waals surface area contributed by atoms with Crippen molar-refractivity contribution in [3.05, 3.63) is 46.2 Å². The van der Waals surface area contributed by atoms with Crippen molar-refractivity contribution in [3.63, 3.8) is 0 Å². The largest absolute Gasteiger partial charge is 0.368 e. The minimum atomic E-state index is -0.233. The summed E-state index contributed by atoms with van der Waals surface area (Å²) in [5, 5.41) is 7.45. The van der Waals surface area contributed by atoms with Crippen LogP contribution in [0.1, 0.15) is 30.2 Å². The number of carbonyl (C=O) groups excluding carboxylic acids is 1. The highest BCUT2D eigenvalue weighted by Gasteiger charge is 2.21. The van der Waals surface area contributed by atoms with Gasteiger partial charge in [0.2, 0.25) is 5.91 Å². The van der Waals surface area contributed by atoms with Crippen LogP contribution >= 0.6 is 11.3 Å². The average molecular weight is 447 g/mol. The molecule has 0 saturated carbocycles. The van der Waals surface area contributed by atoms with Crippen molar-refractivity contribution in [1.29, 1.82) is 0 Å². The van der Waals surface area contributed by atoms with E-state index in [-0.39, 0.29) is 11.7 Å². The molecule has 0 atom stereocenters. The number of hydrogen-bond acceptors (Lipinski definition) is 5. The number of halogens is 1. The number of amides is 1. The Balaban J connectivity index is 1.41. The number of rotatable bonds is 8. The molecule has 0 bridgehead atoms. The molecule has 0 aliphatic carbocycles. The summed E-state index contributed by atoms with van der Waals surface area (Å²) in [4.78, 5) is 26.9. The summed E-state index contributed by atoms with van der Waals surface area (Å²) in [7, 11) is 0. The van der Waals surface area contributed by atoms with E-state index in [4.69, 9.17) is 0 Å². The predicted molar refractivity (Wildman–Crippen MR) is 124 cm³/mol. The SMILES string of the molecule is CCNC(=NCc1ncc(CC)s1)NCCC(=O)N1CCN(c2ccc(F)cc2)CC1. The average Bonchev–Trinajstić information content (AvgIpc) is 3.26. The van der Waals surface area contributed by atoms with E-state index in [9.17, 15) is 9.18 Å². The number of guanidine groups is 1. The number of nitrogens with zero attached hydrogens (tertiary/aromatic N) is 4. The third-order valence-corrected chi connectivity index (χ3v) is 6.25. The third kappa shape index (κ3) is 6.92. The van der Waals surface area contributed by atoms with Crippen molar-refractivity contribution in [2.45, 2.75) is 33.2 Å². The number of carbonyl (C=O) groups is 1. The molecule has 0 radical (unpaired) electrons. The molecule has 1 aliphatic rings. The van der Waals surface area contributed by atoms with Crippen molar-refractivity contribution in [2.24, 2.45) is 4.99 Å². The van der Waals surface area contributed by atoms with Gasteiger partial charge in [0, 0.05) is 62.5 Å². The molecule has 7 nitrogen and oxygen atoms in total. The maximum absolute atomic E-state index is 13.1. The van der Waals surface area contributed by atoms with E-state index >= 15 is 0 Å². The zero-order valence-electron chi connectivity index (χ0n) is 18.2. The molecule has 1 amide bonds. The zero-order chi connectivity index (χ0) is 22.1. The first-order valence-electron chi connectivity index (χ1n) is 10.8. The molecule has 1 aliphatic heterocycles. The highest BCUT2D eigenvalue weighted by molar-refractivity contribution is 7.11. The van der Waals surface area contributed by atoms with Crippen LogP contribution in [0.2, 0.25) is 0 Å². The number of aliphatic imine (C=N–C) groups is 1. The summed E-state index contributed by atoms with van der Waals surface area (Å²) in [6.07, 6.45) is 3.31. The van der Waals surface area contributed by atoms with Crippen LogP contribution in [-0.4, -0.2) is 61.0 Å². The van der Waals surface area contributed by atoms with Gasteiger partial charge in [-0.2, -0.15) is 0 Å². The molecular weight excluding hydrogens is 415 g/mol. The van der Waals surface area contributed by atoms with Gasteiger partial charge in [-0.1, -0.05) is 6.92 Å². The van der Waals surface area contributed by atoms with Gasteiger partial charge in [0.05, 0.1) is 6.54 Å². The molecule has 1 saturated heterocycles. The summed E-state index contributed by atoms with van der Waals surface area (Å²) < 4.78 is 13.1. The maximum Gasteiger partial charge on any atom is 0.224 e. The Hall–Kier alpha value is -2.68. The van der Waals surface area contributed by atoms with E-state index in [1.165, 1.54) is 17.0 Å². The fourth-order valence-electron chi connectivity index (χ4n) is 3.38. The predicted octanol–water partition coefficient (Wildman–Crippen LogP) is 2.64. The van der Waals surface area contributed by atoms with Gasteiger partial charge < -0.3 is 20.4 Å². The monoisotopic (exact) mass is 446 g/mol. The van der Waals surface area contributed by atoms with Crippen molar-refractivity contribution >= 4 is 28.9 Å². The van der Waals surface area contributed by atoms with Gasteiger partial charge >= 0.3 is 0 Å². The smallest absolute Gasteiger partial charge is 0.224 e. The van der Waals surface area contributed by atoms with Gasteiger partial charge in [-0.05, 0) is 37.6 Å². The summed E-state index contributed by atoms with van der Waals surface area (Å²) in [6.45, 7) is 8.80. The number of aromatic nitrogens is 1. The Morgan fingerprint density at radius 3 is 2.55 bits per heavy atom. The fraction of sp³-hybridized carbons (Fsp3) is 0.500. The Labute approximate surface area is 187 Å². The van der Waals surface area contributed by atoms with E-state index < -0.39 is 0 Å². The minimum Gasteiger partial charge on any atom is -0.368 e. The summed E-state index contributed by atoms with van der Waals surface area (Å²) in [5.74, 6) is 0.599. The number of benzene rings is 1. The van der Waals surface area contributed by atoms with E-state index in [2.05, 4.69) is 32.4 Å². The molecule has 2 N–H and O–H groups in total. The van der Waals surface area contributed by atoms with Gasteiger partial charge in [0.15, 0.2) is 5.96 Å². The second-order valence-electron chi connectivity index (χ2n) is 7.29. The highest BCUT2D eigenvalue weighted by atomic mass is 32.1. The highest BCUT2D eigenvalue weighted by Crippen LogP contribution is 2.17. The van der Waals surface area contributed by atoms with E-state index in [1.807, 2.05) is 18.0 Å². The summed E-state index contributed by atoms with van der Waals surface area (Å²) in [5.41, 5.74) is 0.993. The topological polar surface area (TPSA) is 72.9 Å². The van der Waals surface area contributed by atoms with Crippen molar-refractivity contribution < 1.29 is 9.18 Å². The molecule has 1 fully saturated rings. The second-order valence-corrected chi connectivity index (χ2v) is 8.49. The van der Waals surface area contributed by atoms with Crippen molar-refractivity contribution in [2.75, 3.05) is 44.2 Å². The minimum absolute atomic E-state index is 0.134. The molecule has 1 aromatic carbocycles. The zero-order valence-corrected chi connectivity index (χ0v) is 19.1. The Kier molecular flexibility index (Phi) is 8.63. The molecule has 3 rings (SSSR count). The Bertz CT molecular complexity index is 861. The van der Waals surface area contributed by atoms with Crippen LogP contribution in [-0.2, 0) is 17.8 Å². The lowest BCUT2D eigenvalue weighted by molar-refractivity contribution is -0.131. The lowest BCUT2D eigenvalue weighted by Crippen LogP contribution is -2.49. The lowest BCUT2D eigenvalue weighted by Gasteiger charge is -2.36. The molecule has 1 aromatic heterocycles. The first kappa shape index (κ1) is 23.0. The molecule has 31 heavy (non-hydrogen) atoms. The van der Waals surface area contributed by atoms with E-state index in [0.29, 0.717) is 38.6 Å². The van der Waals surface area contributed by atoms with Crippen LogP contribution in [0.5, 0.6) is 0 Å². The number of nitrogens with one attached hydrogen (secondary N) is 2. The third-order valence-electron chi connectivity index (χ3n) is 5.12. The van der Waals surface area contributed by atoms with Crippen molar-refractivity contribution in [3.8, 4) is 0 Å². The first-order valence-corrected chi connectivity index (χ1v) is 11.6. The molecule has 168 valence electrons. The molecule has 0 unspecified atom stereocenters. The lowest BCUT2D eigenvalue weighted by atomic mass is 10.2. The van der Waals surface area contributed by atoms with E-state index in [0.717, 1.165) is 36.8 Å². The summed E-state index contributed by atoms with van der Waals surface area (Å²) >= 11 is 1.68. The number of piperazine rings is 1. The van der Waals surface area contributed by atoms with E-state index in [1.54, 1.807) is 23.5 Å². The van der Waals surface area contributed by atoms with Crippen LogP contribution in [0.4, 0.5) is 10.1 Å². The number of thiazole rings is 1. The standard InChI is InChI=1S/C22H31FN6OS/c1-3-19-15-26-20(31-19)16-27-22(24-4-2)25-10-9-21(30)29-13-11-28(12-14-29)18-7-5-17(23)6-8-18/h5-8,15H,3-4,9-14,16H2,1-2H3,(H2,24,25,27). The molecular formula is C22H31FN6OS. The molecule has 9 heteroatoms. The van der Waals surface area contributed by atoms with Crippen LogP contribution in [0.3, 0.4) is 0 Å². The quantitative estimate of drug-likeness (QED) is 0.482. The van der Waals surface area contributed by atoms with Gasteiger partial charge in [0.25, 0.3) is 0 Å². The van der Waals surface area contributed by atoms with Gasteiger partial charge in [-0.3, -0.25) is 4.79 Å². The number of aryl methyl sites for hydroxylation is 1. The maximum atomic E-state index is 13.1. The van der Waals surface area contributed by atoms with Crippen LogP contribution in [0, 0.1) is 5.82 Å². The molecule has 2 aromatic rings. The molecule has 0 spiro atoms. The normalized spacial score (nSPS) is 14.6. The second kappa shape index (κ2) is 11.6. The van der Waals surface area contributed by atoms with Crippen LogP contribution < -0.4 is 15.5 Å². The first-order chi connectivity index (χ1) is 15.1. The molecule has 2 heterocycles. The van der Waals surface area contributed by atoms with Crippen molar-refractivity contribution in [1.82, 2.24) is 20.5 Å². The summed E-state index contributed by atoms with van der Waals surface area (Å²) in [6, 6.07) is 6.51. The van der Waals surface area contributed by atoms with Gasteiger partial charge in [0.1, 0.15) is 10.8 Å². The Morgan fingerprint density at radius 2 is 1.90 bits per heavy atom. The van der Waals surface area contributed by atoms with Gasteiger partial charge in [-0.15, -0.1) is 11.3 Å².